The maximum Gasteiger partial charge on any atom is 0.137 e. The van der Waals surface area contributed by atoms with Crippen molar-refractivity contribution in [2.24, 2.45) is 0 Å². The normalized spacial score (nSPS) is 13.3. The van der Waals surface area contributed by atoms with E-state index in [4.69, 9.17) is 8.83 Å². The van der Waals surface area contributed by atoms with Crippen molar-refractivity contribution >= 4 is 71.7 Å². The molecule has 0 atom stereocenters. The zero-order chi connectivity index (χ0) is 34.6. The van der Waals surface area contributed by atoms with Crippen molar-refractivity contribution in [1.29, 1.82) is 0 Å². The Labute approximate surface area is 301 Å². The van der Waals surface area contributed by atoms with Crippen molar-refractivity contribution in [3.63, 3.8) is 0 Å². The first-order chi connectivity index (χ1) is 25.5. The van der Waals surface area contributed by atoms with Crippen LogP contribution in [0.1, 0.15) is 25.0 Å². The molecule has 0 saturated carbocycles. The summed E-state index contributed by atoms with van der Waals surface area (Å²) < 4.78 is 12.8. The summed E-state index contributed by atoms with van der Waals surface area (Å²) in [6.45, 7) is 4.67. The van der Waals surface area contributed by atoms with Crippen LogP contribution in [-0.2, 0) is 5.41 Å². The highest BCUT2D eigenvalue weighted by molar-refractivity contribution is 6.13. The second-order valence-electron chi connectivity index (χ2n) is 14.5. The van der Waals surface area contributed by atoms with E-state index in [1.807, 2.05) is 12.1 Å². The summed E-state index contributed by atoms with van der Waals surface area (Å²) in [4.78, 5) is 2.40. The van der Waals surface area contributed by atoms with Gasteiger partial charge in [0.15, 0.2) is 0 Å². The van der Waals surface area contributed by atoms with Crippen LogP contribution < -0.4 is 4.90 Å². The molecular weight excluding hydrogens is 635 g/mol. The van der Waals surface area contributed by atoms with E-state index in [2.05, 4.69) is 170 Å². The number of nitrogens with zero attached hydrogens (tertiary/aromatic N) is 1. The number of furan rings is 2. The Morgan fingerprint density at radius 1 is 0.423 bits per heavy atom. The predicted octanol–water partition coefficient (Wildman–Crippen LogP) is 14.1. The summed E-state index contributed by atoms with van der Waals surface area (Å²) in [5.74, 6) is 0. The number of hydrogen-bond donors (Lipinski definition) is 0. The monoisotopic (exact) mass is 667 g/mol. The summed E-state index contributed by atoms with van der Waals surface area (Å²) in [5.41, 5.74) is 14.2. The van der Waals surface area contributed by atoms with Crippen molar-refractivity contribution in [2.45, 2.75) is 19.3 Å². The van der Waals surface area contributed by atoms with Gasteiger partial charge in [-0.1, -0.05) is 111 Å². The molecule has 0 fully saturated rings. The van der Waals surface area contributed by atoms with Gasteiger partial charge in [-0.05, 0) is 111 Å². The molecule has 0 unspecified atom stereocenters. The molecule has 2 heterocycles. The standard InChI is InChI=1S/C49H33NO2/c1-49(2)41-27-35(24-25-36(41)39-28-40-37-12-5-7-15-44(37)52-47(40)29-42(39)49)50(43-14-9-17-46-48(43)38-13-6-8-16-45(38)51-46)34-22-20-31(21-23-34)33-19-18-30-10-3-4-11-32(30)26-33/h3-29H,1-2H3. The summed E-state index contributed by atoms with van der Waals surface area (Å²) >= 11 is 0. The quantitative estimate of drug-likeness (QED) is 0.187. The summed E-state index contributed by atoms with van der Waals surface area (Å²) in [6, 6.07) is 58.9. The van der Waals surface area contributed by atoms with E-state index in [1.165, 1.54) is 44.2 Å². The first-order valence-corrected chi connectivity index (χ1v) is 17.9. The minimum absolute atomic E-state index is 0.228. The first-order valence-electron chi connectivity index (χ1n) is 17.9. The van der Waals surface area contributed by atoms with Crippen molar-refractivity contribution in [2.75, 3.05) is 4.90 Å². The van der Waals surface area contributed by atoms with Crippen LogP contribution in [0.25, 0.3) is 76.9 Å². The van der Waals surface area contributed by atoms with Gasteiger partial charge < -0.3 is 13.7 Å². The van der Waals surface area contributed by atoms with Crippen LogP contribution in [-0.4, -0.2) is 0 Å². The zero-order valence-corrected chi connectivity index (χ0v) is 28.9. The highest BCUT2D eigenvalue weighted by Gasteiger charge is 2.37. The molecule has 3 nitrogen and oxygen atoms in total. The van der Waals surface area contributed by atoms with Crippen molar-refractivity contribution in [1.82, 2.24) is 0 Å². The maximum atomic E-state index is 6.40. The fraction of sp³-hybridized carbons (Fsp3) is 0.0612. The Hall–Kier alpha value is -6.58. The van der Waals surface area contributed by atoms with E-state index in [-0.39, 0.29) is 5.41 Å². The molecular formula is C49H33NO2. The number of para-hydroxylation sites is 2. The summed E-state index contributed by atoms with van der Waals surface area (Å²) in [7, 11) is 0. The minimum Gasteiger partial charge on any atom is -0.456 e. The average Bonchev–Trinajstić information content (AvgIpc) is 3.82. The number of benzene rings is 8. The van der Waals surface area contributed by atoms with Gasteiger partial charge >= 0.3 is 0 Å². The van der Waals surface area contributed by atoms with Crippen LogP contribution in [0.3, 0.4) is 0 Å². The highest BCUT2D eigenvalue weighted by Crippen LogP contribution is 2.53. The first kappa shape index (κ1) is 29.2. The molecule has 0 saturated heterocycles. The van der Waals surface area contributed by atoms with E-state index in [0.717, 1.165) is 60.9 Å². The Kier molecular flexibility index (Phi) is 6.01. The van der Waals surface area contributed by atoms with Crippen LogP contribution in [0.5, 0.6) is 0 Å². The van der Waals surface area contributed by atoms with E-state index in [1.54, 1.807) is 0 Å². The molecule has 246 valence electrons. The SMILES string of the molecule is CC1(C)c2cc(N(c3ccc(-c4ccc5ccccc5c4)cc3)c3cccc4oc5ccccc5c34)ccc2-c2cc3c(cc21)oc1ccccc13. The van der Waals surface area contributed by atoms with Gasteiger partial charge in [-0.2, -0.15) is 0 Å². The van der Waals surface area contributed by atoms with Crippen molar-refractivity contribution < 1.29 is 8.83 Å². The molecule has 0 radical (unpaired) electrons. The summed E-state index contributed by atoms with van der Waals surface area (Å²) in [6.07, 6.45) is 0. The molecule has 0 aliphatic heterocycles. The van der Waals surface area contributed by atoms with Crippen LogP contribution in [0.15, 0.2) is 173 Å². The lowest BCUT2D eigenvalue weighted by Gasteiger charge is -2.28. The molecule has 2 aromatic heterocycles. The average molecular weight is 668 g/mol. The van der Waals surface area contributed by atoms with Crippen molar-refractivity contribution in [3.8, 4) is 22.3 Å². The lowest BCUT2D eigenvalue weighted by Crippen LogP contribution is -2.16. The Morgan fingerprint density at radius 2 is 1.08 bits per heavy atom. The molecule has 10 aromatic rings. The van der Waals surface area contributed by atoms with Gasteiger partial charge in [-0.25, -0.2) is 0 Å². The number of hydrogen-bond acceptors (Lipinski definition) is 3. The zero-order valence-electron chi connectivity index (χ0n) is 28.9. The Balaban J connectivity index is 1.10. The number of fused-ring (bicyclic) bond motifs is 10. The molecule has 52 heavy (non-hydrogen) atoms. The Bertz CT molecular complexity index is 3050. The molecule has 11 rings (SSSR count). The minimum atomic E-state index is -0.228. The van der Waals surface area contributed by atoms with Crippen molar-refractivity contribution in [3.05, 3.63) is 175 Å². The highest BCUT2D eigenvalue weighted by atomic mass is 16.3. The second-order valence-corrected chi connectivity index (χ2v) is 14.5. The third-order valence-electron chi connectivity index (χ3n) is 11.2. The largest absolute Gasteiger partial charge is 0.456 e. The van der Waals surface area contributed by atoms with Crippen LogP contribution in [0, 0.1) is 0 Å². The fourth-order valence-corrected chi connectivity index (χ4v) is 8.62. The molecule has 0 spiro atoms. The van der Waals surface area contributed by atoms with Gasteiger partial charge in [0.05, 0.1) is 11.1 Å². The third-order valence-corrected chi connectivity index (χ3v) is 11.2. The van der Waals surface area contributed by atoms with E-state index in [0.29, 0.717) is 0 Å². The lowest BCUT2D eigenvalue weighted by atomic mass is 9.82. The van der Waals surface area contributed by atoms with Gasteiger partial charge in [0.2, 0.25) is 0 Å². The van der Waals surface area contributed by atoms with Gasteiger partial charge in [0, 0.05) is 32.9 Å². The molecule has 0 amide bonds. The van der Waals surface area contributed by atoms with Crippen LogP contribution in [0.4, 0.5) is 17.1 Å². The van der Waals surface area contributed by atoms with Gasteiger partial charge in [0.25, 0.3) is 0 Å². The third kappa shape index (κ3) is 4.20. The Morgan fingerprint density at radius 3 is 1.92 bits per heavy atom. The molecule has 0 N–H and O–H groups in total. The number of rotatable bonds is 4. The summed E-state index contributed by atoms with van der Waals surface area (Å²) in [5, 5.41) is 7.02. The molecule has 8 aromatic carbocycles. The van der Waals surface area contributed by atoms with Crippen LogP contribution >= 0.6 is 0 Å². The molecule has 1 aliphatic carbocycles. The maximum absolute atomic E-state index is 6.40. The van der Waals surface area contributed by atoms with Gasteiger partial charge in [-0.3, -0.25) is 0 Å². The molecule has 3 heteroatoms. The fourth-order valence-electron chi connectivity index (χ4n) is 8.62. The van der Waals surface area contributed by atoms with Crippen LogP contribution in [0.2, 0.25) is 0 Å². The van der Waals surface area contributed by atoms with E-state index < -0.39 is 0 Å². The topological polar surface area (TPSA) is 29.5 Å². The molecule has 0 bridgehead atoms. The van der Waals surface area contributed by atoms with E-state index >= 15 is 0 Å². The molecule has 1 aliphatic rings. The number of anilines is 3. The predicted molar refractivity (Wildman–Crippen MR) is 216 cm³/mol. The smallest absolute Gasteiger partial charge is 0.137 e. The van der Waals surface area contributed by atoms with E-state index in [9.17, 15) is 0 Å². The lowest BCUT2D eigenvalue weighted by molar-refractivity contribution is 0.647. The van der Waals surface area contributed by atoms with Gasteiger partial charge in [0.1, 0.15) is 22.3 Å². The second kappa shape index (κ2) is 10.7. The van der Waals surface area contributed by atoms with Gasteiger partial charge in [-0.15, -0.1) is 0 Å².